The van der Waals surface area contributed by atoms with E-state index < -0.39 is 0 Å². The number of aryl methyl sites for hydroxylation is 1. The maximum Gasteiger partial charge on any atom is 0.0662 e. The molecular weight excluding hydrogens is 258 g/mol. The summed E-state index contributed by atoms with van der Waals surface area (Å²) in [4.78, 5) is 0. The monoisotopic (exact) mass is 277 g/mol. The lowest BCUT2D eigenvalue weighted by molar-refractivity contribution is 0.632. The molecule has 0 spiro atoms. The van der Waals surface area contributed by atoms with E-state index in [0.717, 1.165) is 17.3 Å². The van der Waals surface area contributed by atoms with Crippen molar-refractivity contribution in [3.63, 3.8) is 0 Å². The Morgan fingerprint density at radius 1 is 1.26 bits per heavy atom. The van der Waals surface area contributed by atoms with Crippen molar-refractivity contribution in [2.24, 2.45) is 0 Å². The van der Waals surface area contributed by atoms with Gasteiger partial charge in [0.15, 0.2) is 0 Å². The topological polar surface area (TPSA) is 29.9 Å². The molecule has 3 nitrogen and oxygen atoms in total. The number of aromatic nitrogens is 2. The van der Waals surface area contributed by atoms with E-state index in [2.05, 4.69) is 35.9 Å². The van der Waals surface area contributed by atoms with E-state index >= 15 is 0 Å². The number of nitrogens with zero attached hydrogens (tertiary/aromatic N) is 2. The predicted molar refractivity (Wildman–Crippen MR) is 79.7 cm³/mol. The van der Waals surface area contributed by atoms with Crippen LogP contribution in [0.5, 0.6) is 0 Å². The van der Waals surface area contributed by atoms with Gasteiger partial charge in [0, 0.05) is 22.3 Å². The van der Waals surface area contributed by atoms with Gasteiger partial charge < -0.3 is 5.32 Å². The normalized spacial score (nSPS) is 12.7. The summed E-state index contributed by atoms with van der Waals surface area (Å²) in [6.07, 6.45) is 0. The molecule has 1 atom stereocenters. The Hall–Kier alpha value is -1.32. The van der Waals surface area contributed by atoms with Gasteiger partial charge in [0.05, 0.1) is 12.2 Å². The first-order chi connectivity index (χ1) is 9.02. The fourth-order valence-corrected chi connectivity index (χ4v) is 2.52. The van der Waals surface area contributed by atoms with Crippen molar-refractivity contribution < 1.29 is 0 Å². The summed E-state index contributed by atoms with van der Waals surface area (Å²) >= 11 is 5.90. The molecule has 0 saturated carbocycles. The Morgan fingerprint density at radius 3 is 2.47 bits per heavy atom. The first-order valence-electron chi connectivity index (χ1n) is 6.48. The highest BCUT2D eigenvalue weighted by Crippen LogP contribution is 2.22. The number of rotatable bonds is 4. The van der Waals surface area contributed by atoms with Crippen molar-refractivity contribution in [3.05, 3.63) is 51.8 Å². The van der Waals surface area contributed by atoms with E-state index in [1.165, 1.54) is 16.8 Å². The van der Waals surface area contributed by atoms with Crippen LogP contribution in [0.25, 0.3) is 0 Å². The van der Waals surface area contributed by atoms with Crippen molar-refractivity contribution in [2.75, 3.05) is 7.05 Å². The minimum Gasteiger partial charge on any atom is -0.313 e. The number of hydrogen-bond donors (Lipinski definition) is 1. The zero-order valence-corrected chi connectivity index (χ0v) is 12.6. The Labute approximate surface area is 119 Å². The molecule has 4 heteroatoms. The Bertz CT molecular complexity index is 558. The average Bonchev–Trinajstić information content (AvgIpc) is 2.66. The highest BCUT2D eigenvalue weighted by molar-refractivity contribution is 6.30. The summed E-state index contributed by atoms with van der Waals surface area (Å²) in [5, 5.41) is 8.68. The van der Waals surface area contributed by atoms with Crippen LogP contribution in [0.3, 0.4) is 0 Å². The molecule has 0 aliphatic carbocycles. The van der Waals surface area contributed by atoms with E-state index in [9.17, 15) is 0 Å². The Balaban J connectivity index is 2.29. The summed E-state index contributed by atoms with van der Waals surface area (Å²) in [6.45, 7) is 7.12. The number of halogens is 1. The van der Waals surface area contributed by atoms with Crippen LogP contribution >= 0.6 is 11.6 Å². The van der Waals surface area contributed by atoms with Crippen LogP contribution in [0.2, 0.25) is 5.02 Å². The molecule has 0 aliphatic heterocycles. The van der Waals surface area contributed by atoms with Gasteiger partial charge in [0.25, 0.3) is 0 Å². The molecule has 0 radical (unpaired) electrons. The smallest absolute Gasteiger partial charge is 0.0662 e. The minimum atomic E-state index is 0.318. The minimum absolute atomic E-state index is 0.318. The van der Waals surface area contributed by atoms with Gasteiger partial charge in [-0.1, -0.05) is 23.7 Å². The summed E-state index contributed by atoms with van der Waals surface area (Å²) < 4.78 is 2.06. The summed E-state index contributed by atoms with van der Waals surface area (Å²) in [6, 6.07) is 8.23. The molecule has 102 valence electrons. The van der Waals surface area contributed by atoms with E-state index in [1.807, 2.05) is 31.3 Å². The molecule has 1 unspecified atom stereocenters. The molecule has 0 fully saturated rings. The van der Waals surface area contributed by atoms with Gasteiger partial charge in [-0.2, -0.15) is 5.10 Å². The van der Waals surface area contributed by atoms with Crippen LogP contribution in [-0.4, -0.2) is 16.8 Å². The summed E-state index contributed by atoms with van der Waals surface area (Å²) in [5.74, 6) is 0. The van der Waals surface area contributed by atoms with Gasteiger partial charge in [0.1, 0.15) is 0 Å². The third kappa shape index (κ3) is 2.99. The predicted octanol–water partition coefficient (Wildman–Crippen LogP) is 3.48. The molecule has 1 heterocycles. The molecule has 1 aromatic heterocycles. The van der Waals surface area contributed by atoms with Crippen molar-refractivity contribution in [1.29, 1.82) is 0 Å². The van der Waals surface area contributed by atoms with Crippen LogP contribution in [0.1, 0.15) is 35.5 Å². The molecule has 19 heavy (non-hydrogen) atoms. The first kappa shape index (κ1) is 14.1. The van der Waals surface area contributed by atoms with Crippen LogP contribution in [-0.2, 0) is 6.54 Å². The molecule has 2 rings (SSSR count). The first-order valence-corrected chi connectivity index (χ1v) is 6.86. The lowest BCUT2D eigenvalue weighted by Gasteiger charge is -2.11. The lowest BCUT2D eigenvalue weighted by atomic mass is 10.1. The van der Waals surface area contributed by atoms with Gasteiger partial charge in [-0.15, -0.1) is 0 Å². The van der Waals surface area contributed by atoms with Crippen LogP contribution in [0.15, 0.2) is 24.3 Å². The molecular formula is C15H20ClN3. The Morgan fingerprint density at radius 2 is 1.89 bits per heavy atom. The fraction of sp³-hybridized carbons (Fsp3) is 0.400. The molecule has 0 saturated heterocycles. The SMILES string of the molecule is CNC(C)c1c(C)nn(Cc2ccc(Cl)cc2)c1C. The van der Waals surface area contributed by atoms with Crippen molar-refractivity contribution in [2.45, 2.75) is 33.4 Å². The van der Waals surface area contributed by atoms with Gasteiger partial charge >= 0.3 is 0 Å². The second kappa shape index (κ2) is 5.76. The van der Waals surface area contributed by atoms with E-state index in [-0.39, 0.29) is 0 Å². The second-order valence-corrected chi connectivity index (χ2v) is 5.32. The molecule has 0 amide bonds. The van der Waals surface area contributed by atoms with Gasteiger partial charge in [-0.25, -0.2) is 0 Å². The van der Waals surface area contributed by atoms with Gasteiger partial charge in [0.2, 0.25) is 0 Å². The molecule has 2 aromatic rings. The van der Waals surface area contributed by atoms with Crippen LogP contribution in [0, 0.1) is 13.8 Å². The largest absolute Gasteiger partial charge is 0.313 e. The fourth-order valence-electron chi connectivity index (χ4n) is 2.40. The second-order valence-electron chi connectivity index (χ2n) is 4.88. The zero-order valence-electron chi connectivity index (χ0n) is 11.9. The third-order valence-electron chi connectivity index (χ3n) is 3.55. The number of nitrogens with one attached hydrogen (secondary N) is 1. The molecule has 0 bridgehead atoms. The van der Waals surface area contributed by atoms with Crippen molar-refractivity contribution in [3.8, 4) is 0 Å². The molecule has 1 aromatic carbocycles. The van der Waals surface area contributed by atoms with Crippen LogP contribution < -0.4 is 5.32 Å². The summed E-state index contributed by atoms with van der Waals surface area (Å²) in [5.41, 5.74) is 4.80. The zero-order chi connectivity index (χ0) is 14.0. The van der Waals surface area contributed by atoms with E-state index in [4.69, 9.17) is 11.6 Å². The van der Waals surface area contributed by atoms with Crippen molar-refractivity contribution >= 4 is 11.6 Å². The quantitative estimate of drug-likeness (QED) is 0.927. The number of benzene rings is 1. The van der Waals surface area contributed by atoms with E-state index in [1.54, 1.807) is 0 Å². The Kier molecular flexibility index (Phi) is 4.27. The van der Waals surface area contributed by atoms with Gasteiger partial charge in [-0.05, 0) is 45.5 Å². The average molecular weight is 278 g/mol. The van der Waals surface area contributed by atoms with E-state index in [0.29, 0.717) is 6.04 Å². The molecule has 0 aliphatic rings. The lowest BCUT2D eigenvalue weighted by Crippen LogP contribution is -2.14. The highest BCUT2D eigenvalue weighted by atomic mass is 35.5. The number of hydrogen-bond acceptors (Lipinski definition) is 2. The third-order valence-corrected chi connectivity index (χ3v) is 3.80. The summed E-state index contributed by atoms with van der Waals surface area (Å²) in [7, 11) is 1.97. The van der Waals surface area contributed by atoms with Crippen LogP contribution in [0.4, 0.5) is 0 Å². The highest BCUT2D eigenvalue weighted by Gasteiger charge is 2.16. The van der Waals surface area contributed by atoms with Gasteiger partial charge in [-0.3, -0.25) is 4.68 Å². The maximum absolute atomic E-state index is 5.90. The standard InChI is InChI=1S/C15H20ClN3/c1-10(17-4)15-11(2)18-19(12(15)3)9-13-5-7-14(16)8-6-13/h5-8,10,17H,9H2,1-4H3. The molecule has 1 N–H and O–H groups in total. The maximum atomic E-state index is 5.90. The van der Waals surface area contributed by atoms with Crippen molar-refractivity contribution in [1.82, 2.24) is 15.1 Å².